The molecule has 1 aliphatic heterocycles. The molecule has 0 spiro atoms. The van der Waals surface area contributed by atoms with Crippen LogP contribution in [0.3, 0.4) is 0 Å². The second kappa shape index (κ2) is 8.30. The van der Waals surface area contributed by atoms with Crippen LogP contribution in [0.25, 0.3) is 0 Å². The minimum absolute atomic E-state index is 0.376. The van der Waals surface area contributed by atoms with Crippen molar-refractivity contribution in [2.45, 2.75) is 26.3 Å². The molecule has 0 atom stereocenters. The first-order valence-corrected chi connectivity index (χ1v) is 10.5. The van der Waals surface area contributed by atoms with Gasteiger partial charge in [-0.3, -0.25) is 14.5 Å². The molecule has 6 heteroatoms. The van der Waals surface area contributed by atoms with Gasteiger partial charge in [-0.25, -0.2) is 4.79 Å². The number of benzene rings is 3. The van der Waals surface area contributed by atoms with Gasteiger partial charge in [-0.1, -0.05) is 78.4 Å². The molecule has 0 unspecified atom stereocenters. The molecule has 6 nitrogen and oxygen atoms in total. The van der Waals surface area contributed by atoms with E-state index in [4.69, 9.17) is 0 Å². The number of carbonyl (C=O) groups is 3. The zero-order valence-electron chi connectivity index (χ0n) is 18.3. The van der Waals surface area contributed by atoms with Crippen LogP contribution in [0.15, 0.2) is 72.8 Å². The second-order valence-electron chi connectivity index (χ2n) is 8.13. The highest BCUT2D eigenvalue weighted by Gasteiger charge is 2.54. The molecular formula is C26H25N3O3. The Morgan fingerprint density at radius 1 is 0.875 bits per heavy atom. The first kappa shape index (κ1) is 21.3. The average Bonchev–Trinajstić information content (AvgIpc) is 3.03. The monoisotopic (exact) mass is 427 g/mol. The first-order valence-electron chi connectivity index (χ1n) is 10.5. The number of nitrogens with zero attached hydrogens (tertiary/aromatic N) is 1. The minimum Gasteiger partial charge on any atom is -0.324 e. The summed E-state index contributed by atoms with van der Waals surface area (Å²) >= 11 is 0. The quantitative estimate of drug-likeness (QED) is 0.603. The van der Waals surface area contributed by atoms with Gasteiger partial charge in [-0.15, -0.1) is 0 Å². The van der Waals surface area contributed by atoms with Crippen LogP contribution in [0.2, 0.25) is 0 Å². The molecule has 0 saturated carbocycles. The molecule has 1 heterocycles. The van der Waals surface area contributed by atoms with E-state index in [2.05, 4.69) is 10.6 Å². The number of urea groups is 1. The third-order valence-corrected chi connectivity index (χ3v) is 5.76. The fourth-order valence-corrected chi connectivity index (χ4v) is 4.35. The number of hydrogen-bond donors (Lipinski definition) is 2. The van der Waals surface area contributed by atoms with E-state index in [0.717, 1.165) is 21.6 Å². The maximum atomic E-state index is 13.7. The van der Waals surface area contributed by atoms with Crippen molar-refractivity contribution >= 4 is 23.5 Å². The normalized spacial score (nSPS) is 14.9. The van der Waals surface area contributed by atoms with Gasteiger partial charge in [-0.2, -0.15) is 0 Å². The third-order valence-electron chi connectivity index (χ3n) is 5.76. The van der Waals surface area contributed by atoms with E-state index in [1.54, 1.807) is 24.3 Å². The van der Waals surface area contributed by atoms with E-state index in [1.807, 2.05) is 69.3 Å². The van der Waals surface area contributed by atoms with Crippen LogP contribution in [0.1, 0.15) is 27.8 Å². The number of aryl methyl sites for hydroxylation is 3. The van der Waals surface area contributed by atoms with Crippen LogP contribution in [0, 0.1) is 20.8 Å². The fraction of sp³-hybridized carbons (Fsp3) is 0.192. The van der Waals surface area contributed by atoms with E-state index < -0.39 is 23.4 Å². The van der Waals surface area contributed by atoms with Gasteiger partial charge in [0.15, 0.2) is 5.54 Å². The molecule has 32 heavy (non-hydrogen) atoms. The van der Waals surface area contributed by atoms with Crippen LogP contribution in [-0.4, -0.2) is 29.3 Å². The SMILES string of the molecule is Cc1cc(C)c(NC(=O)CN2C(=O)NC(c3ccccc3)(c3ccccc3)C2=O)c(C)c1. The summed E-state index contributed by atoms with van der Waals surface area (Å²) in [6.07, 6.45) is 0. The maximum absolute atomic E-state index is 13.7. The summed E-state index contributed by atoms with van der Waals surface area (Å²) in [4.78, 5) is 40.4. The van der Waals surface area contributed by atoms with Crippen LogP contribution in [-0.2, 0) is 15.1 Å². The molecule has 2 N–H and O–H groups in total. The first-order chi connectivity index (χ1) is 15.3. The summed E-state index contributed by atoms with van der Waals surface area (Å²) in [7, 11) is 0. The van der Waals surface area contributed by atoms with Gasteiger partial charge in [0.1, 0.15) is 6.54 Å². The Bertz CT molecular complexity index is 1130. The van der Waals surface area contributed by atoms with E-state index in [9.17, 15) is 14.4 Å². The number of imide groups is 1. The summed E-state index contributed by atoms with van der Waals surface area (Å²) in [6, 6.07) is 21.5. The lowest BCUT2D eigenvalue weighted by atomic mass is 9.82. The zero-order chi connectivity index (χ0) is 22.9. The van der Waals surface area contributed by atoms with Crippen molar-refractivity contribution in [3.8, 4) is 0 Å². The van der Waals surface area contributed by atoms with Gasteiger partial charge in [0.2, 0.25) is 5.91 Å². The Morgan fingerprint density at radius 3 is 1.88 bits per heavy atom. The van der Waals surface area contributed by atoms with Crippen LogP contribution >= 0.6 is 0 Å². The molecule has 1 aliphatic rings. The highest BCUT2D eigenvalue weighted by atomic mass is 16.2. The minimum atomic E-state index is -1.38. The number of anilines is 1. The Morgan fingerprint density at radius 2 is 1.38 bits per heavy atom. The van der Waals surface area contributed by atoms with E-state index >= 15 is 0 Å². The van der Waals surface area contributed by atoms with Crippen molar-refractivity contribution in [2.24, 2.45) is 0 Å². The predicted molar refractivity (Wildman–Crippen MR) is 123 cm³/mol. The summed E-state index contributed by atoms with van der Waals surface area (Å²) in [5.41, 5.74) is 3.55. The van der Waals surface area contributed by atoms with Crippen molar-refractivity contribution < 1.29 is 14.4 Å². The summed E-state index contributed by atoms with van der Waals surface area (Å²) < 4.78 is 0. The topological polar surface area (TPSA) is 78.5 Å². The standard InChI is InChI=1S/C26H25N3O3/c1-17-14-18(2)23(19(3)15-17)27-22(30)16-29-24(31)26(28-25(29)32,20-10-6-4-7-11-20)21-12-8-5-9-13-21/h4-15H,16H2,1-3H3,(H,27,30)(H,28,32). The van der Waals surface area contributed by atoms with E-state index in [0.29, 0.717) is 16.8 Å². The van der Waals surface area contributed by atoms with Crippen molar-refractivity contribution in [2.75, 3.05) is 11.9 Å². The summed E-state index contributed by atoms with van der Waals surface area (Å²) in [5.74, 6) is -0.909. The maximum Gasteiger partial charge on any atom is 0.326 e. The van der Waals surface area contributed by atoms with E-state index in [-0.39, 0.29) is 6.54 Å². The number of hydrogen-bond acceptors (Lipinski definition) is 3. The molecule has 1 fully saturated rings. The highest BCUT2D eigenvalue weighted by Crippen LogP contribution is 2.36. The largest absolute Gasteiger partial charge is 0.326 e. The Kier molecular flexibility index (Phi) is 5.53. The molecule has 162 valence electrons. The molecular weight excluding hydrogens is 402 g/mol. The Labute approximate surface area is 187 Å². The van der Waals surface area contributed by atoms with Crippen molar-refractivity contribution in [3.63, 3.8) is 0 Å². The molecule has 0 radical (unpaired) electrons. The van der Waals surface area contributed by atoms with Gasteiger partial charge in [0, 0.05) is 5.69 Å². The lowest BCUT2D eigenvalue weighted by Gasteiger charge is -2.28. The van der Waals surface area contributed by atoms with Gasteiger partial charge >= 0.3 is 6.03 Å². The molecule has 3 aromatic carbocycles. The molecule has 3 aromatic rings. The molecule has 1 saturated heterocycles. The van der Waals surface area contributed by atoms with E-state index in [1.165, 1.54) is 0 Å². The summed E-state index contributed by atoms with van der Waals surface area (Å²) in [6.45, 7) is 5.45. The fourth-order valence-electron chi connectivity index (χ4n) is 4.35. The van der Waals surface area contributed by atoms with Gasteiger partial charge in [0.05, 0.1) is 0 Å². The Hall–Kier alpha value is -3.93. The van der Waals surface area contributed by atoms with Crippen molar-refractivity contribution in [1.82, 2.24) is 10.2 Å². The number of carbonyl (C=O) groups excluding carboxylic acids is 3. The summed E-state index contributed by atoms with van der Waals surface area (Å²) in [5, 5.41) is 5.72. The van der Waals surface area contributed by atoms with Crippen LogP contribution in [0.4, 0.5) is 10.5 Å². The molecule has 4 rings (SSSR count). The molecule has 0 aliphatic carbocycles. The lowest BCUT2D eigenvalue weighted by Crippen LogP contribution is -2.45. The molecule has 0 bridgehead atoms. The third kappa shape index (κ3) is 3.64. The number of nitrogens with one attached hydrogen (secondary N) is 2. The van der Waals surface area contributed by atoms with Crippen LogP contribution < -0.4 is 10.6 Å². The number of amides is 4. The van der Waals surface area contributed by atoms with Gasteiger partial charge < -0.3 is 10.6 Å². The van der Waals surface area contributed by atoms with Crippen molar-refractivity contribution in [3.05, 3.63) is 101 Å². The lowest BCUT2D eigenvalue weighted by molar-refractivity contribution is -0.133. The smallest absolute Gasteiger partial charge is 0.324 e. The number of rotatable bonds is 5. The van der Waals surface area contributed by atoms with Crippen molar-refractivity contribution in [1.29, 1.82) is 0 Å². The van der Waals surface area contributed by atoms with Crippen LogP contribution in [0.5, 0.6) is 0 Å². The molecule has 4 amide bonds. The van der Waals surface area contributed by atoms with Gasteiger partial charge in [-0.05, 0) is 43.0 Å². The second-order valence-corrected chi connectivity index (χ2v) is 8.13. The average molecular weight is 428 g/mol. The molecule has 0 aromatic heterocycles. The zero-order valence-corrected chi connectivity index (χ0v) is 18.3. The van der Waals surface area contributed by atoms with Gasteiger partial charge in [0.25, 0.3) is 5.91 Å². The highest BCUT2D eigenvalue weighted by molar-refractivity contribution is 6.12. The predicted octanol–water partition coefficient (Wildman–Crippen LogP) is 4.05. The Balaban J connectivity index is 1.65.